The van der Waals surface area contributed by atoms with Crippen molar-refractivity contribution in [3.63, 3.8) is 0 Å². The van der Waals surface area contributed by atoms with Gasteiger partial charge in [-0.1, -0.05) is 50.6 Å². The maximum absolute atomic E-state index is 13.8. The van der Waals surface area contributed by atoms with Crippen LogP contribution in [0.25, 0.3) is 0 Å². The molecule has 0 spiro atoms. The molecule has 37 heavy (non-hydrogen) atoms. The summed E-state index contributed by atoms with van der Waals surface area (Å²) in [4.78, 5) is 28.4. The molecule has 1 atom stereocenters. The molecule has 9 nitrogen and oxygen atoms in total. The molecule has 0 aromatic heterocycles. The van der Waals surface area contributed by atoms with E-state index in [4.69, 9.17) is 9.47 Å². The first kappa shape index (κ1) is 30.0. The summed E-state index contributed by atoms with van der Waals surface area (Å²) in [6.45, 7) is 7.87. The van der Waals surface area contributed by atoms with Crippen LogP contribution >= 0.6 is 0 Å². The zero-order chi connectivity index (χ0) is 27.8. The van der Waals surface area contributed by atoms with Crippen LogP contribution in [0.5, 0.6) is 11.5 Å². The quantitative estimate of drug-likeness (QED) is 0.423. The van der Waals surface area contributed by atoms with Crippen LogP contribution in [-0.4, -0.2) is 64.7 Å². The van der Waals surface area contributed by atoms with Crippen molar-refractivity contribution >= 4 is 27.5 Å². The van der Waals surface area contributed by atoms with Gasteiger partial charge in [-0.25, -0.2) is 8.42 Å². The van der Waals surface area contributed by atoms with Crippen molar-refractivity contribution in [1.82, 2.24) is 10.2 Å². The van der Waals surface area contributed by atoms with Crippen molar-refractivity contribution in [2.24, 2.45) is 5.92 Å². The van der Waals surface area contributed by atoms with Crippen LogP contribution in [-0.2, 0) is 26.2 Å². The number of carbonyl (C=O) groups is 2. The molecule has 1 N–H and O–H groups in total. The summed E-state index contributed by atoms with van der Waals surface area (Å²) in [6, 6.07) is 11.6. The van der Waals surface area contributed by atoms with Gasteiger partial charge in [-0.15, -0.1) is 0 Å². The number of rotatable bonds is 13. The van der Waals surface area contributed by atoms with E-state index in [2.05, 4.69) is 5.32 Å². The lowest BCUT2D eigenvalue weighted by atomic mass is 10.1. The molecule has 0 aliphatic heterocycles. The van der Waals surface area contributed by atoms with E-state index in [1.165, 1.54) is 25.2 Å². The van der Waals surface area contributed by atoms with Gasteiger partial charge in [-0.2, -0.15) is 0 Å². The molecule has 0 radical (unpaired) electrons. The number of nitrogens with zero attached hydrogens (tertiary/aromatic N) is 2. The molecule has 0 heterocycles. The van der Waals surface area contributed by atoms with E-state index < -0.39 is 28.5 Å². The number of hydrogen-bond donors (Lipinski definition) is 1. The summed E-state index contributed by atoms with van der Waals surface area (Å²) < 4.78 is 37.4. The lowest BCUT2D eigenvalue weighted by Gasteiger charge is -2.33. The number of methoxy groups -OCH3 is 2. The number of aryl methyl sites for hydroxylation is 1. The number of benzene rings is 2. The Hall–Kier alpha value is -3.27. The first-order valence-electron chi connectivity index (χ1n) is 12.2. The van der Waals surface area contributed by atoms with Crippen molar-refractivity contribution in [2.45, 2.75) is 46.7 Å². The van der Waals surface area contributed by atoms with Gasteiger partial charge in [0.15, 0.2) is 0 Å². The molecular weight excluding hydrogens is 494 g/mol. The monoisotopic (exact) mass is 533 g/mol. The van der Waals surface area contributed by atoms with Crippen LogP contribution in [0.3, 0.4) is 0 Å². The van der Waals surface area contributed by atoms with E-state index in [1.54, 1.807) is 12.1 Å². The molecule has 2 aromatic carbocycles. The highest BCUT2D eigenvalue weighted by molar-refractivity contribution is 7.92. The van der Waals surface area contributed by atoms with Crippen LogP contribution in [0.2, 0.25) is 0 Å². The molecule has 0 aliphatic rings. The minimum Gasteiger partial charge on any atom is -0.497 e. The topological polar surface area (TPSA) is 105 Å². The van der Waals surface area contributed by atoms with Gasteiger partial charge in [-0.3, -0.25) is 13.9 Å². The summed E-state index contributed by atoms with van der Waals surface area (Å²) in [5, 5.41) is 2.91. The van der Waals surface area contributed by atoms with Crippen LogP contribution in [0, 0.1) is 12.8 Å². The van der Waals surface area contributed by atoms with E-state index >= 15 is 0 Å². The summed E-state index contributed by atoms with van der Waals surface area (Å²) in [6.07, 6.45) is 1.39. The molecule has 2 amide bonds. The molecule has 0 saturated carbocycles. The number of hydrogen-bond acceptors (Lipinski definition) is 6. The Kier molecular flexibility index (Phi) is 10.8. The number of sulfonamides is 1. The van der Waals surface area contributed by atoms with Crippen LogP contribution in [0.15, 0.2) is 42.5 Å². The Morgan fingerprint density at radius 3 is 2.30 bits per heavy atom. The second-order valence-corrected chi connectivity index (χ2v) is 11.3. The molecule has 0 aliphatic carbocycles. The number of amides is 2. The summed E-state index contributed by atoms with van der Waals surface area (Å²) in [5.74, 6) is 0.132. The molecule has 1 unspecified atom stereocenters. The summed E-state index contributed by atoms with van der Waals surface area (Å²) in [7, 11) is -1.02. The first-order valence-corrected chi connectivity index (χ1v) is 14.1. The number of ether oxygens (including phenoxy) is 2. The van der Waals surface area contributed by atoms with Crippen molar-refractivity contribution < 1.29 is 27.5 Å². The van der Waals surface area contributed by atoms with E-state index in [0.29, 0.717) is 18.7 Å². The third kappa shape index (κ3) is 8.38. The second kappa shape index (κ2) is 13.3. The average Bonchev–Trinajstić information content (AvgIpc) is 2.84. The van der Waals surface area contributed by atoms with Gasteiger partial charge >= 0.3 is 0 Å². The van der Waals surface area contributed by atoms with Crippen LogP contribution in [0.4, 0.5) is 5.69 Å². The highest BCUT2D eigenvalue weighted by Crippen LogP contribution is 2.34. The summed E-state index contributed by atoms with van der Waals surface area (Å²) in [5.41, 5.74) is 2.03. The number of anilines is 1. The minimum atomic E-state index is -3.91. The van der Waals surface area contributed by atoms with Gasteiger partial charge in [0.05, 0.1) is 26.2 Å². The first-order chi connectivity index (χ1) is 17.4. The van der Waals surface area contributed by atoms with Gasteiger partial charge < -0.3 is 19.7 Å². The molecule has 10 heteroatoms. The van der Waals surface area contributed by atoms with Gasteiger partial charge in [0, 0.05) is 19.2 Å². The lowest BCUT2D eigenvalue weighted by Crippen LogP contribution is -2.52. The van der Waals surface area contributed by atoms with Crippen molar-refractivity contribution in [2.75, 3.05) is 37.9 Å². The molecule has 0 bridgehead atoms. The zero-order valence-electron chi connectivity index (χ0n) is 22.8. The molecule has 2 rings (SSSR count). The zero-order valence-corrected chi connectivity index (χ0v) is 23.6. The SMILES string of the molecule is CCC(C(=O)NCC(C)C)N(Cc1cccc(C)c1)C(=O)CN(c1cc(OC)ccc1OC)S(C)(=O)=O. The van der Waals surface area contributed by atoms with E-state index in [1.807, 2.05) is 52.0 Å². The number of carbonyl (C=O) groups excluding carboxylic acids is 2. The van der Waals surface area contributed by atoms with Gasteiger partial charge in [0.25, 0.3) is 0 Å². The fourth-order valence-corrected chi connectivity index (χ4v) is 4.78. The Bertz CT molecular complexity index is 1180. The van der Waals surface area contributed by atoms with Gasteiger partial charge in [0.2, 0.25) is 21.8 Å². The van der Waals surface area contributed by atoms with Crippen LogP contribution in [0.1, 0.15) is 38.3 Å². The third-order valence-electron chi connectivity index (χ3n) is 5.84. The van der Waals surface area contributed by atoms with Crippen molar-refractivity contribution in [1.29, 1.82) is 0 Å². The molecular formula is C27H39N3O6S. The molecule has 0 fully saturated rings. The largest absolute Gasteiger partial charge is 0.497 e. The van der Waals surface area contributed by atoms with Gasteiger partial charge in [0.1, 0.15) is 24.1 Å². The fraction of sp³-hybridized carbons (Fsp3) is 0.481. The van der Waals surface area contributed by atoms with Gasteiger partial charge in [-0.05, 0) is 37.0 Å². The molecule has 0 saturated heterocycles. The second-order valence-electron chi connectivity index (χ2n) is 9.38. The lowest BCUT2D eigenvalue weighted by molar-refractivity contribution is -0.140. The molecule has 2 aromatic rings. The van der Waals surface area contributed by atoms with Crippen molar-refractivity contribution in [3.05, 3.63) is 53.6 Å². The number of nitrogens with one attached hydrogen (secondary N) is 1. The predicted molar refractivity (Wildman–Crippen MR) is 145 cm³/mol. The Morgan fingerprint density at radius 2 is 1.76 bits per heavy atom. The third-order valence-corrected chi connectivity index (χ3v) is 6.97. The Labute approximate surface area is 220 Å². The maximum atomic E-state index is 13.8. The van der Waals surface area contributed by atoms with Crippen LogP contribution < -0.4 is 19.1 Å². The smallest absolute Gasteiger partial charge is 0.244 e. The Balaban J connectivity index is 2.51. The minimum absolute atomic E-state index is 0.154. The Morgan fingerprint density at radius 1 is 1.05 bits per heavy atom. The van der Waals surface area contributed by atoms with E-state index in [-0.39, 0.29) is 29.8 Å². The summed E-state index contributed by atoms with van der Waals surface area (Å²) >= 11 is 0. The van der Waals surface area contributed by atoms with E-state index in [0.717, 1.165) is 21.7 Å². The highest BCUT2D eigenvalue weighted by atomic mass is 32.2. The molecule has 204 valence electrons. The van der Waals surface area contributed by atoms with Crippen molar-refractivity contribution in [3.8, 4) is 11.5 Å². The maximum Gasteiger partial charge on any atom is 0.244 e. The standard InChI is InChI=1S/C27H39N3O6S/c1-8-23(27(32)28-16-19(2)3)29(17-21-11-9-10-20(4)14-21)26(31)18-30(37(7,33)34)24-15-22(35-5)12-13-25(24)36-6/h9-15,19,23H,8,16-18H2,1-7H3,(H,28,32). The highest BCUT2D eigenvalue weighted by Gasteiger charge is 2.32. The normalized spacial score (nSPS) is 12.1. The average molecular weight is 534 g/mol. The predicted octanol–water partition coefficient (Wildman–Crippen LogP) is 3.36. The fourth-order valence-electron chi connectivity index (χ4n) is 3.94. The van der Waals surface area contributed by atoms with E-state index in [9.17, 15) is 18.0 Å².